The summed E-state index contributed by atoms with van der Waals surface area (Å²) in [6.45, 7) is 9.86. The van der Waals surface area contributed by atoms with E-state index in [4.69, 9.17) is 0 Å². The lowest BCUT2D eigenvalue weighted by molar-refractivity contribution is -0.120. The molecule has 0 spiro atoms. The van der Waals surface area contributed by atoms with Crippen molar-refractivity contribution in [1.29, 1.82) is 0 Å². The summed E-state index contributed by atoms with van der Waals surface area (Å²) >= 11 is 0. The van der Waals surface area contributed by atoms with Crippen LogP contribution in [0, 0.1) is 5.92 Å². The van der Waals surface area contributed by atoms with E-state index < -0.39 is 8.32 Å². The van der Waals surface area contributed by atoms with Crippen LogP contribution >= 0.6 is 0 Å². The van der Waals surface area contributed by atoms with E-state index in [2.05, 4.69) is 24.5 Å². The number of carbonyl (C=O) groups is 2. The van der Waals surface area contributed by atoms with Crippen LogP contribution in [-0.4, -0.2) is 37.1 Å². The van der Waals surface area contributed by atoms with E-state index in [0.717, 1.165) is 6.42 Å². The van der Waals surface area contributed by atoms with Gasteiger partial charge in [-0.1, -0.05) is 13.8 Å². The van der Waals surface area contributed by atoms with Crippen molar-refractivity contribution >= 4 is 20.1 Å². The molecule has 0 aliphatic heterocycles. The van der Waals surface area contributed by atoms with Gasteiger partial charge in [0, 0.05) is 25.6 Å². The molecule has 2 unspecified atom stereocenters. The molecule has 0 rings (SSSR count). The Hall–Kier alpha value is -0.883. The van der Waals surface area contributed by atoms with Gasteiger partial charge < -0.3 is 15.4 Å². The molecule has 19 heavy (non-hydrogen) atoms. The van der Waals surface area contributed by atoms with E-state index in [-0.39, 0.29) is 17.5 Å². The molecule has 2 atom stereocenters. The Morgan fingerprint density at radius 3 is 2.32 bits per heavy atom. The van der Waals surface area contributed by atoms with Crippen molar-refractivity contribution in [2.75, 3.05) is 6.54 Å². The van der Waals surface area contributed by atoms with Crippen LogP contribution in [0.15, 0.2) is 0 Å². The van der Waals surface area contributed by atoms with Crippen molar-refractivity contribution in [1.82, 2.24) is 10.6 Å². The second-order valence-corrected chi connectivity index (χ2v) is 9.60. The molecule has 0 fully saturated rings. The molecule has 0 saturated heterocycles. The van der Waals surface area contributed by atoms with Crippen molar-refractivity contribution in [3.8, 4) is 0 Å². The fraction of sp³-hybridized carbons (Fsp3) is 0.846. The van der Waals surface area contributed by atoms with Crippen molar-refractivity contribution in [2.45, 2.75) is 58.8 Å². The molecule has 0 aromatic heterocycles. The fourth-order valence-corrected chi connectivity index (χ4v) is 4.59. The molecule has 3 N–H and O–H groups in total. The minimum Gasteiger partial charge on any atom is -0.430 e. The lowest BCUT2D eigenvalue weighted by atomic mass is 10.1. The number of hydrogen-bond acceptors (Lipinski definition) is 3. The summed E-state index contributed by atoms with van der Waals surface area (Å²) in [5.41, 5.74) is -0.195. The third-order valence-corrected chi connectivity index (χ3v) is 6.21. The number of amides is 2. The maximum absolute atomic E-state index is 11.5. The van der Waals surface area contributed by atoms with Crippen LogP contribution in [0.25, 0.3) is 0 Å². The highest BCUT2D eigenvalue weighted by molar-refractivity contribution is 6.73. The Labute approximate surface area is 117 Å². The maximum atomic E-state index is 11.5. The predicted molar refractivity (Wildman–Crippen MR) is 79.0 cm³/mol. The second-order valence-electron chi connectivity index (χ2n) is 5.69. The molecular weight excluding hydrogens is 260 g/mol. The highest BCUT2D eigenvalue weighted by Crippen LogP contribution is 2.19. The van der Waals surface area contributed by atoms with Gasteiger partial charge in [0.05, 0.1) is 0 Å². The van der Waals surface area contributed by atoms with Crippen molar-refractivity contribution in [2.24, 2.45) is 5.92 Å². The molecule has 5 nitrogen and oxygen atoms in total. The first-order valence-electron chi connectivity index (χ1n) is 6.95. The number of rotatable bonds is 8. The molecule has 6 heteroatoms. The van der Waals surface area contributed by atoms with Gasteiger partial charge in [0.25, 0.3) is 0 Å². The number of hydrogen-bond donors (Lipinski definition) is 3. The van der Waals surface area contributed by atoms with Gasteiger partial charge in [-0.05, 0) is 31.9 Å². The van der Waals surface area contributed by atoms with E-state index in [9.17, 15) is 14.4 Å². The normalized spacial score (nSPS) is 15.7. The van der Waals surface area contributed by atoms with Crippen LogP contribution in [0.3, 0.4) is 0 Å². The van der Waals surface area contributed by atoms with Crippen molar-refractivity contribution < 1.29 is 14.4 Å². The molecule has 2 amide bonds. The van der Waals surface area contributed by atoms with E-state index >= 15 is 0 Å². The molecule has 0 radical (unpaired) electrons. The average Bonchev–Trinajstić information content (AvgIpc) is 2.25. The third kappa shape index (κ3) is 8.00. The van der Waals surface area contributed by atoms with Crippen LogP contribution < -0.4 is 10.6 Å². The van der Waals surface area contributed by atoms with E-state index in [1.54, 1.807) is 0 Å². The third-order valence-electron chi connectivity index (χ3n) is 3.07. The molecule has 0 aromatic rings. The topological polar surface area (TPSA) is 78.4 Å². The standard InChI is InChI=1S/C13H28N2O3Si/c1-6-14-12(17)7-8-19(5,18)13(9-10(2)3)15-11(4)16/h10,13,18H,6-9H2,1-5H3,(H,14,17)(H,15,16). The van der Waals surface area contributed by atoms with Gasteiger partial charge in [0.1, 0.15) is 0 Å². The minimum atomic E-state index is -2.64. The van der Waals surface area contributed by atoms with Crippen LogP contribution in [0.1, 0.15) is 40.5 Å². The second kappa shape index (κ2) is 8.32. The summed E-state index contributed by atoms with van der Waals surface area (Å²) in [4.78, 5) is 33.3. The molecule has 0 saturated carbocycles. The predicted octanol–water partition coefficient (Wildman–Crippen LogP) is 1.17. The van der Waals surface area contributed by atoms with Crippen LogP contribution in [0.2, 0.25) is 12.6 Å². The summed E-state index contributed by atoms with van der Waals surface area (Å²) in [6.07, 6.45) is 1.06. The van der Waals surface area contributed by atoms with Gasteiger partial charge >= 0.3 is 0 Å². The largest absolute Gasteiger partial charge is 0.430 e. The summed E-state index contributed by atoms with van der Waals surface area (Å²) in [7, 11) is -2.64. The minimum absolute atomic E-state index is 0.0404. The SMILES string of the molecule is CCNC(=O)CC[Si](C)(O)C(CC(C)C)NC(C)=O. The lowest BCUT2D eigenvalue weighted by Gasteiger charge is -2.32. The molecule has 0 aliphatic rings. The van der Waals surface area contributed by atoms with Gasteiger partial charge in [0.2, 0.25) is 20.1 Å². The van der Waals surface area contributed by atoms with Crippen molar-refractivity contribution in [3.63, 3.8) is 0 Å². The van der Waals surface area contributed by atoms with E-state index in [1.807, 2.05) is 13.5 Å². The molecule has 0 heterocycles. The van der Waals surface area contributed by atoms with E-state index in [0.29, 0.717) is 24.9 Å². The van der Waals surface area contributed by atoms with E-state index in [1.165, 1.54) is 6.92 Å². The molecule has 0 bridgehead atoms. The first kappa shape index (κ1) is 18.1. The molecule has 112 valence electrons. The maximum Gasteiger partial charge on any atom is 0.219 e. The first-order valence-corrected chi connectivity index (χ1v) is 9.68. The monoisotopic (exact) mass is 288 g/mol. The van der Waals surface area contributed by atoms with Gasteiger partial charge in [0.15, 0.2) is 0 Å². The smallest absolute Gasteiger partial charge is 0.219 e. The first-order chi connectivity index (χ1) is 8.69. The van der Waals surface area contributed by atoms with Crippen LogP contribution in [0.5, 0.6) is 0 Å². The highest BCUT2D eigenvalue weighted by atomic mass is 28.4. The zero-order valence-corrected chi connectivity index (χ0v) is 13.7. The molecule has 0 aliphatic carbocycles. The zero-order chi connectivity index (χ0) is 15.1. The van der Waals surface area contributed by atoms with Crippen molar-refractivity contribution in [3.05, 3.63) is 0 Å². The Balaban J connectivity index is 4.57. The highest BCUT2D eigenvalue weighted by Gasteiger charge is 2.36. The lowest BCUT2D eigenvalue weighted by Crippen LogP contribution is -2.55. The Morgan fingerprint density at radius 1 is 1.32 bits per heavy atom. The average molecular weight is 288 g/mol. The summed E-state index contributed by atoms with van der Waals surface area (Å²) in [5, 5.41) is 5.57. The van der Waals surface area contributed by atoms with Crippen LogP contribution in [0.4, 0.5) is 0 Å². The van der Waals surface area contributed by atoms with Gasteiger partial charge in [-0.15, -0.1) is 0 Å². The fourth-order valence-electron chi connectivity index (χ4n) is 2.01. The van der Waals surface area contributed by atoms with Gasteiger partial charge in [-0.25, -0.2) is 0 Å². The Bertz CT molecular complexity index is 306. The Kier molecular flexibility index (Phi) is 7.93. The van der Waals surface area contributed by atoms with Gasteiger partial charge in [-0.2, -0.15) is 0 Å². The summed E-state index contributed by atoms with van der Waals surface area (Å²) in [6, 6.07) is 0.469. The van der Waals surface area contributed by atoms with Crippen LogP contribution in [-0.2, 0) is 9.59 Å². The van der Waals surface area contributed by atoms with Gasteiger partial charge in [-0.3, -0.25) is 9.59 Å². The zero-order valence-electron chi connectivity index (χ0n) is 12.7. The summed E-state index contributed by atoms with van der Waals surface area (Å²) < 4.78 is 0. The molecule has 0 aromatic carbocycles. The Morgan fingerprint density at radius 2 is 1.89 bits per heavy atom. The quantitative estimate of drug-likeness (QED) is 0.587. The molecular formula is C13H28N2O3Si. The summed E-state index contributed by atoms with van der Waals surface area (Å²) in [5.74, 6) is 0.220. The number of carbonyl (C=O) groups excluding carboxylic acids is 2. The number of nitrogens with one attached hydrogen (secondary N) is 2.